The van der Waals surface area contributed by atoms with E-state index in [-0.39, 0.29) is 6.04 Å². The standard InChI is InChI=1S/C15H21ClN4O/c1-21-10-9-20-15(13(16)11-18-20)14(19-17)8-7-12-5-3-2-4-6-12/h2-6,11,14,19H,7-10,17H2,1H3. The van der Waals surface area contributed by atoms with Crippen molar-refractivity contribution in [2.45, 2.75) is 25.4 Å². The molecule has 6 heteroatoms. The summed E-state index contributed by atoms with van der Waals surface area (Å²) in [4.78, 5) is 0. The van der Waals surface area contributed by atoms with Crippen molar-refractivity contribution < 1.29 is 4.74 Å². The van der Waals surface area contributed by atoms with E-state index in [0.29, 0.717) is 18.2 Å². The molecule has 5 nitrogen and oxygen atoms in total. The Bertz CT molecular complexity index is 544. The molecule has 0 radical (unpaired) electrons. The molecule has 21 heavy (non-hydrogen) atoms. The van der Waals surface area contributed by atoms with E-state index in [2.05, 4.69) is 22.7 Å². The minimum absolute atomic E-state index is 0.0444. The highest BCUT2D eigenvalue weighted by Gasteiger charge is 2.19. The first kappa shape index (κ1) is 16.0. The second-order valence-corrected chi connectivity index (χ2v) is 5.24. The van der Waals surface area contributed by atoms with Crippen LogP contribution in [0.4, 0.5) is 0 Å². The monoisotopic (exact) mass is 308 g/mol. The van der Waals surface area contributed by atoms with Crippen molar-refractivity contribution in [2.24, 2.45) is 5.84 Å². The number of hydrazine groups is 1. The Labute approximate surface area is 130 Å². The molecule has 114 valence electrons. The zero-order valence-electron chi connectivity index (χ0n) is 12.1. The van der Waals surface area contributed by atoms with Gasteiger partial charge in [0, 0.05) is 7.11 Å². The number of nitrogens with two attached hydrogens (primary N) is 1. The highest BCUT2D eigenvalue weighted by molar-refractivity contribution is 6.31. The molecule has 0 fully saturated rings. The van der Waals surface area contributed by atoms with Gasteiger partial charge in [-0.25, -0.2) is 0 Å². The second kappa shape index (κ2) is 8.14. The van der Waals surface area contributed by atoms with Gasteiger partial charge in [-0.15, -0.1) is 0 Å². The lowest BCUT2D eigenvalue weighted by molar-refractivity contribution is 0.181. The number of methoxy groups -OCH3 is 1. The van der Waals surface area contributed by atoms with Gasteiger partial charge in [-0.05, 0) is 18.4 Å². The third-order valence-electron chi connectivity index (χ3n) is 3.44. The summed E-state index contributed by atoms with van der Waals surface area (Å²) in [6.07, 6.45) is 3.42. The van der Waals surface area contributed by atoms with Gasteiger partial charge in [-0.1, -0.05) is 41.9 Å². The summed E-state index contributed by atoms with van der Waals surface area (Å²) in [6.45, 7) is 1.24. The molecular formula is C15H21ClN4O. The predicted octanol–water partition coefficient (Wildman–Crippen LogP) is 2.32. The van der Waals surface area contributed by atoms with Crippen LogP contribution in [0.1, 0.15) is 23.7 Å². The lowest BCUT2D eigenvalue weighted by Crippen LogP contribution is -2.31. The average molecular weight is 309 g/mol. The number of nitrogens with one attached hydrogen (secondary N) is 1. The fourth-order valence-electron chi connectivity index (χ4n) is 2.33. The first-order chi connectivity index (χ1) is 10.3. The molecule has 0 aliphatic rings. The minimum Gasteiger partial charge on any atom is -0.383 e. The van der Waals surface area contributed by atoms with E-state index in [1.165, 1.54) is 5.56 Å². The van der Waals surface area contributed by atoms with E-state index in [9.17, 15) is 0 Å². The van der Waals surface area contributed by atoms with Crippen LogP contribution in [0.2, 0.25) is 5.02 Å². The van der Waals surface area contributed by atoms with Crippen molar-refractivity contribution in [2.75, 3.05) is 13.7 Å². The zero-order chi connectivity index (χ0) is 15.1. The average Bonchev–Trinajstić information content (AvgIpc) is 2.88. The minimum atomic E-state index is -0.0444. The van der Waals surface area contributed by atoms with Crippen molar-refractivity contribution >= 4 is 11.6 Å². The Morgan fingerprint density at radius 2 is 2.14 bits per heavy atom. The number of aryl methyl sites for hydroxylation is 1. The van der Waals surface area contributed by atoms with Crippen LogP contribution >= 0.6 is 11.6 Å². The van der Waals surface area contributed by atoms with E-state index in [4.69, 9.17) is 22.2 Å². The smallest absolute Gasteiger partial charge is 0.0834 e. The molecule has 2 aromatic rings. The van der Waals surface area contributed by atoms with Gasteiger partial charge in [0.1, 0.15) is 0 Å². The molecule has 2 rings (SSSR count). The Morgan fingerprint density at radius 3 is 2.81 bits per heavy atom. The van der Waals surface area contributed by atoms with Crippen LogP contribution in [0.15, 0.2) is 36.5 Å². The summed E-state index contributed by atoms with van der Waals surface area (Å²) in [7, 11) is 1.67. The molecule has 1 unspecified atom stereocenters. The van der Waals surface area contributed by atoms with Crippen LogP contribution in [0.5, 0.6) is 0 Å². The maximum absolute atomic E-state index is 6.26. The lowest BCUT2D eigenvalue weighted by atomic mass is 10.0. The van der Waals surface area contributed by atoms with Crippen molar-refractivity contribution in [3.05, 3.63) is 52.8 Å². The SMILES string of the molecule is COCCn1ncc(Cl)c1C(CCc1ccccc1)NN. The summed E-state index contributed by atoms with van der Waals surface area (Å²) in [6, 6.07) is 10.3. The van der Waals surface area contributed by atoms with E-state index < -0.39 is 0 Å². The Kier molecular flexibility index (Phi) is 6.20. The van der Waals surface area contributed by atoms with Crippen LogP contribution in [0.25, 0.3) is 0 Å². The van der Waals surface area contributed by atoms with Gasteiger partial charge in [0.05, 0.1) is 36.1 Å². The molecule has 1 atom stereocenters. The normalized spacial score (nSPS) is 12.5. The van der Waals surface area contributed by atoms with Crippen molar-refractivity contribution in [3.63, 3.8) is 0 Å². The maximum atomic E-state index is 6.26. The molecule has 3 N–H and O–H groups in total. The van der Waals surface area contributed by atoms with E-state index >= 15 is 0 Å². The summed E-state index contributed by atoms with van der Waals surface area (Å²) >= 11 is 6.26. The van der Waals surface area contributed by atoms with Crippen LogP contribution < -0.4 is 11.3 Å². The number of halogens is 1. The third kappa shape index (κ3) is 4.28. The van der Waals surface area contributed by atoms with Gasteiger partial charge >= 0.3 is 0 Å². The molecule has 0 saturated heterocycles. The van der Waals surface area contributed by atoms with Crippen molar-refractivity contribution in [1.82, 2.24) is 15.2 Å². The molecule has 0 aliphatic carbocycles. The van der Waals surface area contributed by atoms with Gasteiger partial charge in [0.2, 0.25) is 0 Å². The fourth-order valence-corrected chi connectivity index (χ4v) is 2.60. The van der Waals surface area contributed by atoms with E-state index in [1.54, 1.807) is 13.3 Å². The Hall–Kier alpha value is -1.40. The topological polar surface area (TPSA) is 65.1 Å². The maximum Gasteiger partial charge on any atom is 0.0834 e. The molecule has 1 aromatic carbocycles. The van der Waals surface area contributed by atoms with Crippen molar-refractivity contribution in [3.8, 4) is 0 Å². The molecule has 0 saturated carbocycles. The largest absolute Gasteiger partial charge is 0.383 e. The molecule has 0 spiro atoms. The number of hydrogen-bond acceptors (Lipinski definition) is 4. The first-order valence-electron chi connectivity index (χ1n) is 6.96. The molecule has 0 bridgehead atoms. The van der Waals surface area contributed by atoms with Crippen molar-refractivity contribution in [1.29, 1.82) is 0 Å². The van der Waals surface area contributed by atoms with Gasteiger partial charge in [-0.2, -0.15) is 5.10 Å². The quantitative estimate of drug-likeness (QED) is 0.580. The highest BCUT2D eigenvalue weighted by atomic mass is 35.5. The summed E-state index contributed by atoms with van der Waals surface area (Å²) in [5.41, 5.74) is 5.03. The number of nitrogens with zero attached hydrogens (tertiary/aromatic N) is 2. The van der Waals surface area contributed by atoms with E-state index in [1.807, 2.05) is 22.9 Å². The third-order valence-corrected chi connectivity index (χ3v) is 3.73. The second-order valence-electron chi connectivity index (χ2n) is 4.84. The first-order valence-corrected chi connectivity index (χ1v) is 7.34. The molecule has 1 aromatic heterocycles. The predicted molar refractivity (Wildman–Crippen MR) is 83.9 cm³/mol. The number of aromatic nitrogens is 2. The molecular weight excluding hydrogens is 288 g/mol. The van der Waals surface area contributed by atoms with Gasteiger partial charge in [0.15, 0.2) is 0 Å². The van der Waals surface area contributed by atoms with Gasteiger partial charge in [0.25, 0.3) is 0 Å². The van der Waals surface area contributed by atoms with Crippen LogP contribution in [-0.4, -0.2) is 23.5 Å². The molecule has 0 aliphatic heterocycles. The zero-order valence-corrected chi connectivity index (χ0v) is 12.9. The van der Waals surface area contributed by atoms with Gasteiger partial charge < -0.3 is 4.74 Å². The molecule has 0 amide bonds. The van der Waals surface area contributed by atoms with E-state index in [0.717, 1.165) is 18.5 Å². The lowest BCUT2D eigenvalue weighted by Gasteiger charge is -2.18. The summed E-state index contributed by atoms with van der Waals surface area (Å²) < 4.78 is 6.95. The highest BCUT2D eigenvalue weighted by Crippen LogP contribution is 2.25. The van der Waals surface area contributed by atoms with Crippen LogP contribution in [-0.2, 0) is 17.7 Å². The fraction of sp³-hybridized carbons (Fsp3) is 0.400. The Morgan fingerprint density at radius 1 is 1.38 bits per heavy atom. The summed E-state index contributed by atoms with van der Waals surface area (Å²) in [5.74, 6) is 5.71. The number of hydrogen-bond donors (Lipinski definition) is 2. The number of ether oxygens (including phenoxy) is 1. The number of benzene rings is 1. The number of rotatable bonds is 8. The Balaban J connectivity index is 2.08. The van der Waals surface area contributed by atoms with Crippen LogP contribution in [0, 0.1) is 0 Å². The van der Waals surface area contributed by atoms with Crippen LogP contribution in [0.3, 0.4) is 0 Å². The summed E-state index contributed by atoms with van der Waals surface area (Å²) in [5, 5.41) is 4.91. The van der Waals surface area contributed by atoms with Gasteiger partial charge in [-0.3, -0.25) is 16.0 Å². The molecule has 1 heterocycles.